The molecule has 1 aromatic rings. The molecular formula is C17H29N7O. The summed E-state index contributed by atoms with van der Waals surface area (Å²) >= 11 is 0. The molecule has 0 saturated heterocycles. The summed E-state index contributed by atoms with van der Waals surface area (Å²) in [5, 5.41) is 11.5. The molecule has 1 aliphatic carbocycles. The van der Waals surface area contributed by atoms with Crippen LogP contribution < -0.4 is 10.6 Å². The molecule has 0 spiro atoms. The number of nitrogens with zero attached hydrogens (tertiary/aromatic N) is 5. The number of aromatic nitrogens is 3. The van der Waals surface area contributed by atoms with Crippen LogP contribution >= 0.6 is 0 Å². The monoisotopic (exact) mass is 347 g/mol. The molecule has 138 valence electrons. The summed E-state index contributed by atoms with van der Waals surface area (Å²) in [4.78, 5) is 22.5. The van der Waals surface area contributed by atoms with Crippen LogP contribution in [0.5, 0.6) is 0 Å². The number of rotatable bonds is 5. The molecule has 2 heterocycles. The van der Waals surface area contributed by atoms with Crippen molar-refractivity contribution in [2.24, 2.45) is 4.99 Å². The highest BCUT2D eigenvalue weighted by molar-refractivity contribution is 5.85. The fourth-order valence-electron chi connectivity index (χ4n) is 2.73. The lowest BCUT2D eigenvalue weighted by molar-refractivity contribution is -0.127. The second kappa shape index (κ2) is 7.41. The Morgan fingerprint density at radius 2 is 2.00 bits per heavy atom. The third-order valence-corrected chi connectivity index (χ3v) is 4.52. The molecule has 1 fully saturated rings. The van der Waals surface area contributed by atoms with Gasteiger partial charge in [-0.3, -0.25) is 4.79 Å². The van der Waals surface area contributed by atoms with Crippen molar-refractivity contribution < 1.29 is 4.79 Å². The molecule has 1 saturated carbocycles. The van der Waals surface area contributed by atoms with Gasteiger partial charge in [-0.2, -0.15) is 5.10 Å². The van der Waals surface area contributed by atoms with E-state index in [4.69, 9.17) is 0 Å². The number of guanidine groups is 1. The normalized spacial score (nSPS) is 20.4. The Kier molecular flexibility index (Phi) is 5.24. The Bertz CT molecular complexity index is 645. The molecule has 1 aromatic heterocycles. The van der Waals surface area contributed by atoms with Crippen molar-refractivity contribution in [3.05, 3.63) is 11.6 Å². The zero-order valence-electron chi connectivity index (χ0n) is 15.6. The average Bonchev–Trinajstić information content (AvgIpc) is 3.27. The average molecular weight is 347 g/mol. The van der Waals surface area contributed by atoms with Crippen molar-refractivity contribution in [1.29, 1.82) is 0 Å². The van der Waals surface area contributed by atoms with Gasteiger partial charge in [0.25, 0.3) is 0 Å². The van der Waals surface area contributed by atoms with Crippen LogP contribution in [0.2, 0.25) is 0 Å². The Morgan fingerprint density at radius 3 is 2.64 bits per heavy atom. The van der Waals surface area contributed by atoms with Crippen molar-refractivity contribution in [3.63, 3.8) is 0 Å². The van der Waals surface area contributed by atoms with Crippen molar-refractivity contribution in [1.82, 2.24) is 30.3 Å². The van der Waals surface area contributed by atoms with Crippen LogP contribution in [0.25, 0.3) is 0 Å². The molecule has 25 heavy (non-hydrogen) atoms. The number of fused-ring (bicyclic) bond motifs is 1. The van der Waals surface area contributed by atoms with Gasteiger partial charge in [0.2, 0.25) is 5.91 Å². The number of carbonyl (C=O) groups excluding carboxylic acids is 1. The van der Waals surface area contributed by atoms with E-state index in [2.05, 4.69) is 39.6 Å². The topological polar surface area (TPSA) is 87.4 Å². The summed E-state index contributed by atoms with van der Waals surface area (Å²) in [7, 11) is 3.50. The number of aryl methyl sites for hydroxylation is 1. The van der Waals surface area contributed by atoms with Gasteiger partial charge in [0.15, 0.2) is 11.8 Å². The van der Waals surface area contributed by atoms with Gasteiger partial charge in [0.05, 0.1) is 6.54 Å². The largest absolute Gasteiger partial charge is 0.354 e. The van der Waals surface area contributed by atoms with E-state index >= 15 is 0 Å². The Labute approximate surface area is 149 Å². The van der Waals surface area contributed by atoms with Gasteiger partial charge in [-0.1, -0.05) is 13.8 Å². The summed E-state index contributed by atoms with van der Waals surface area (Å²) in [6.45, 7) is 5.17. The Hall–Kier alpha value is -2.12. The lowest BCUT2D eigenvalue weighted by Crippen LogP contribution is -2.48. The molecule has 8 nitrogen and oxygen atoms in total. The van der Waals surface area contributed by atoms with Gasteiger partial charge in [-0.25, -0.2) is 14.7 Å². The maximum Gasteiger partial charge on any atom is 0.243 e. The Balaban J connectivity index is 1.63. The van der Waals surface area contributed by atoms with E-state index in [1.54, 1.807) is 19.0 Å². The van der Waals surface area contributed by atoms with Crippen LogP contribution in [0.3, 0.4) is 0 Å². The van der Waals surface area contributed by atoms with E-state index in [-0.39, 0.29) is 18.5 Å². The quantitative estimate of drug-likeness (QED) is 0.598. The molecule has 8 heteroatoms. The number of hydrogen-bond donors (Lipinski definition) is 2. The number of aliphatic imine (C=N–C) groups is 1. The molecule has 1 unspecified atom stereocenters. The summed E-state index contributed by atoms with van der Waals surface area (Å²) < 4.78 is 2.01. The van der Waals surface area contributed by atoms with Crippen LogP contribution in [0.4, 0.5) is 0 Å². The minimum Gasteiger partial charge on any atom is -0.354 e. The summed E-state index contributed by atoms with van der Waals surface area (Å²) in [6, 6.07) is 0.729. The number of hydrogen-bond acceptors (Lipinski definition) is 4. The molecule has 0 bridgehead atoms. The summed E-state index contributed by atoms with van der Waals surface area (Å²) in [5.74, 6) is 3.06. The van der Waals surface area contributed by atoms with Crippen LogP contribution in [-0.2, 0) is 17.8 Å². The first kappa shape index (κ1) is 17.7. The first-order valence-corrected chi connectivity index (χ1v) is 9.13. The number of carbonyl (C=O) groups is 1. The van der Waals surface area contributed by atoms with Gasteiger partial charge >= 0.3 is 0 Å². The van der Waals surface area contributed by atoms with E-state index in [0.29, 0.717) is 12.0 Å². The van der Waals surface area contributed by atoms with Crippen LogP contribution in [0.1, 0.15) is 50.7 Å². The standard InChI is InChI=1S/C17H29N7O/c1-11(2)16-21-14-8-7-13(10-24(14)22-16)20-17(19-12-5-6-12)18-9-15(25)23(3)4/h11-13H,5-10H2,1-4H3,(H2,18,19,20). The zero-order valence-corrected chi connectivity index (χ0v) is 15.6. The van der Waals surface area contributed by atoms with Crippen molar-refractivity contribution in [2.45, 2.75) is 64.1 Å². The molecule has 0 aromatic carbocycles. The summed E-state index contributed by atoms with van der Waals surface area (Å²) in [6.07, 6.45) is 4.23. The molecule has 2 N–H and O–H groups in total. The molecule has 1 amide bonds. The maximum atomic E-state index is 11.8. The molecule has 3 rings (SSSR count). The molecule has 0 radical (unpaired) electrons. The third kappa shape index (κ3) is 4.70. The highest BCUT2D eigenvalue weighted by atomic mass is 16.2. The van der Waals surface area contributed by atoms with Crippen LogP contribution in [0, 0.1) is 0 Å². The first-order valence-electron chi connectivity index (χ1n) is 9.13. The van der Waals surface area contributed by atoms with Crippen molar-refractivity contribution in [3.8, 4) is 0 Å². The van der Waals surface area contributed by atoms with E-state index in [9.17, 15) is 4.79 Å². The first-order chi connectivity index (χ1) is 11.9. The Morgan fingerprint density at radius 1 is 1.28 bits per heavy atom. The fraction of sp³-hybridized carbons (Fsp3) is 0.765. The lowest BCUT2D eigenvalue weighted by Gasteiger charge is -2.25. The SMILES string of the molecule is CC(C)c1nc2n(n1)CC(NC(=NCC(=O)N(C)C)NC1CC1)CC2. The van der Waals surface area contributed by atoms with Crippen molar-refractivity contribution in [2.75, 3.05) is 20.6 Å². The predicted octanol–water partition coefficient (Wildman–Crippen LogP) is 0.502. The van der Waals surface area contributed by atoms with Gasteiger partial charge in [-0.15, -0.1) is 0 Å². The van der Waals surface area contributed by atoms with Crippen LogP contribution in [-0.4, -0.2) is 64.3 Å². The highest BCUT2D eigenvalue weighted by Gasteiger charge is 2.26. The van der Waals surface area contributed by atoms with E-state index < -0.39 is 0 Å². The minimum atomic E-state index is 0.000629. The van der Waals surface area contributed by atoms with Gasteiger partial charge < -0.3 is 15.5 Å². The van der Waals surface area contributed by atoms with Gasteiger partial charge in [0, 0.05) is 38.5 Å². The highest BCUT2D eigenvalue weighted by Crippen LogP contribution is 2.19. The zero-order chi connectivity index (χ0) is 18.0. The van der Waals surface area contributed by atoms with E-state index in [0.717, 1.165) is 49.8 Å². The smallest absolute Gasteiger partial charge is 0.243 e. The fourth-order valence-corrected chi connectivity index (χ4v) is 2.73. The van der Waals surface area contributed by atoms with Gasteiger partial charge in [0.1, 0.15) is 12.4 Å². The number of nitrogens with one attached hydrogen (secondary N) is 2. The molecular weight excluding hydrogens is 318 g/mol. The van der Waals surface area contributed by atoms with E-state index in [1.165, 1.54) is 0 Å². The van der Waals surface area contributed by atoms with Crippen molar-refractivity contribution >= 4 is 11.9 Å². The second-order valence-corrected chi connectivity index (χ2v) is 7.47. The number of likely N-dealkylation sites (N-methyl/N-ethyl adjacent to an activating group) is 1. The van der Waals surface area contributed by atoms with E-state index in [1.807, 2.05) is 4.68 Å². The second-order valence-electron chi connectivity index (χ2n) is 7.47. The number of amides is 1. The molecule has 1 atom stereocenters. The van der Waals surface area contributed by atoms with Gasteiger partial charge in [-0.05, 0) is 19.3 Å². The summed E-state index contributed by atoms with van der Waals surface area (Å²) in [5.41, 5.74) is 0. The predicted molar refractivity (Wildman–Crippen MR) is 96.5 cm³/mol. The molecule has 1 aliphatic heterocycles. The maximum absolute atomic E-state index is 11.8. The van der Waals surface area contributed by atoms with Crippen LogP contribution in [0.15, 0.2) is 4.99 Å². The lowest BCUT2D eigenvalue weighted by atomic mass is 10.1. The third-order valence-electron chi connectivity index (χ3n) is 4.52. The minimum absolute atomic E-state index is 0.000629. The molecule has 2 aliphatic rings.